The minimum absolute atomic E-state index is 0.0459. The van der Waals surface area contributed by atoms with Crippen LogP contribution in [0.3, 0.4) is 0 Å². The average molecular weight is 334 g/mol. The van der Waals surface area contributed by atoms with Gasteiger partial charge in [-0.2, -0.15) is 0 Å². The van der Waals surface area contributed by atoms with Gasteiger partial charge < -0.3 is 0 Å². The van der Waals surface area contributed by atoms with Crippen LogP contribution in [0.25, 0.3) is 0 Å². The molecule has 0 aliphatic rings. The minimum Gasteiger partial charge on any atom is -0.249 e. The SMILES string of the molecule is O=S(=O)(c1ccnc(Br)c1)c1ccc(F)c(F)c1. The van der Waals surface area contributed by atoms with Crippen molar-refractivity contribution in [3.8, 4) is 0 Å². The van der Waals surface area contributed by atoms with Gasteiger partial charge in [-0.15, -0.1) is 0 Å². The molecule has 3 nitrogen and oxygen atoms in total. The van der Waals surface area contributed by atoms with E-state index in [9.17, 15) is 17.2 Å². The fourth-order valence-corrected chi connectivity index (χ4v) is 3.13. The van der Waals surface area contributed by atoms with Crippen molar-refractivity contribution >= 4 is 25.8 Å². The first-order chi connectivity index (χ1) is 8.41. The molecule has 1 aromatic carbocycles. The van der Waals surface area contributed by atoms with E-state index >= 15 is 0 Å². The molecule has 0 fully saturated rings. The zero-order chi connectivity index (χ0) is 13.3. The molecule has 0 aliphatic carbocycles. The van der Waals surface area contributed by atoms with Crippen molar-refractivity contribution in [3.05, 3.63) is 52.8 Å². The number of halogens is 3. The summed E-state index contributed by atoms with van der Waals surface area (Å²) < 4.78 is 50.4. The Labute approximate surface area is 111 Å². The maximum atomic E-state index is 13.0. The van der Waals surface area contributed by atoms with Crippen LogP contribution >= 0.6 is 15.9 Å². The molecule has 0 aliphatic heterocycles. The first-order valence-electron chi connectivity index (χ1n) is 4.73. The zero-order valence-corrected chi connectivity index (χ0v) is 11.2. The Balaban J connectivity index is 2.58. The molecule has 0 radical (unpaired) electrons. The summed E-state index contributed by atoms with van der Waals surface area (Å²) in [6, 6.07) is 5.01. The average Bonchev–Trinajstić information content (AvgIpc) is 2.32. The molecule has 1 aromatic heterocycles. The predicted octanol–water partition coefficient (Wildman–Crippen LogP) is 2.96. The third-order valence-corrected chi connectivity index (χ3v) is 4.39. The van der Waals surface area contributed by atoms with Crippen molar-refractivity contribution in [3.63, 3.8) is 0 Å². The van der Waals surface area contributed by atoms with Crippen molar-refractivity contribution in [1.29, 1.82) is 0 Å². The van der Waals surface area contributed by atoms with Crippen LogP contribution in [0.2, 0.25) is 0 Å². The van der Waals surface area contributed by atoms with E-state index in [0.29, 0.717) is 10.7 Å². The van der Waals surface area contributed by atoms with Crippen LogP contribution in [0.1, 0.15) is 0 Å². The highest BCUT2D eigenvalue weighted by Crippen LogP contribution is 2.23. The highest BCUT2D eigenvalue weighted by Gasteiger charge is 2.19. The molecule has 0 saturated heterocycles. The summed E-state index contributed by atoms with van der Waals surface area (Å²) in [4.78, 5) is 3.44. The van der Waals surface area contributed by atoms with Crippen molar-refractivity contribution in [2.45, 2.75) is 9.79 Å². The number of hydrogen-bond acceptors (Lipinski definition) is 3. The fraction of sp³-hybridized carbons (Fsp3) is 0. The lowest BCUT2D eigenvalue weighted by Gasteiger charge is -2.05. The van der Waals surface area contributed by atoms with E-state index in [-0.39, 0.29) is 9.79 Å². The monoisotopic (exact) mass is 333 g/mol. The van der Waals surface area contributed by atoms with Gasteiger partial charge in [0.1, 0.15) is 4.60 Å². The second-order valence-corrected chi connectivity index (χ2v) is 6.16. The van der Waals surface area contributed by atoms with Gasteiger partial charge >= 0.3 is 0 Å². The maximum absolute atomic E-state index is 13.0. The summed E-state index contributed by atoms with van der Waals surface area (Å²) >= 11 is 3.04. The molecule has 0 atom stereocenters. The normalized spacial score (nSPS) is 11.5. The zero-order valence-electron chi connectivity index (χ0n) is 8.77. The molecule has 0 unspecified atom stereocenters. The number of nitrogens with zero attached hydrogens (tertiary/aromatic N) is 1. The van der Waals surface area contributed by atoms with Crippen LogP contribution in [-0.2, 0) is 9.84 Å². The van der Waals surface area contributed by atoms with Gasteiger partial charge in [0.2, 0.25) is 9.84 Å². The van der Waals surface area contributed by atoms with Gasteiger partial charge in [0, 0.05) is 6.20 Å². The summed E-state index contributed by atoms with van der Waals surface area (Å²) in [6.45, 7) is 0. The standard InChI is InChI=1S/C11H6BrF2NO2S/c12-11-6-8(3-4-15-11)18(16,17)7-1-2-9(13)10(14)5-7/h1-6H. The molecular formula is C11H6BrF2NO2S. The molecule has 2 aromatic rings. The number of benzene rings is 1. The summed E-state index contributed by atoms with van der Waals surface area (Å²) in [5, 5.41) is 0. The summed E-state index contributed by atoms with van der Waals surface area (Å²) in [7, 11) is -3.88. The van der Waals surface area contributed by atoms with Crippen LogP contribution in [0.5, 0.6) is 0 Å². The number of rotatable bonds is 2. The van der Waals surface area contributed by atoms with E-state index in [2.05, 4.69) is 20.9 Å². The van der Waals surface area contributed by atoms with Crippen LogP contribution in [0, 0.1) is 11.6 Å². The van der Waals surface area contributed by atoms with Gasteiger partial charge in [-0.05, 0) is 46.3 Å². The Hall–Kier alpha value is -1.34. The third kappa shape index (κ3) is 2.41. The Bertz CT molecular complexity index is 704. The van der Waals surface area contributed by atoms with Crippen LogP contribution in [0.15, 0.2) is 50.9 Å². The Morgan fingerprint density at radius 3 is 2.28 bits per heavy atom. The van der Waals surface area contributed by atoms with Gasteiger partial charge in [-0.3, -0.25) is 0 Å². The molecule has 0 amide bonds. The van der Waals surface area contributed by atoms with Gasteiger partial charge in [0.25, 0.3) is 0 Å². The molecule has 94 valence electrons. The summed E-state index contributed by atoms with van der Waals surface area (Å²) in [5.74, 6) is -2.30. The van der Waals surface area contributed by atoms with E-state index in [4.69, 9.17) is 0 Å². The number of hydrogen-bond donors (Lipinski definition) is 0. The van der Waals surface area contributed by atoms with Crippen LogP contribution in [0.4, 0.5) is 8.78 Å². The van der Waals surface area contributed by atoms with E-state index < -0.39 is 21.5 Å². The number of sulfone groups is 1. The van der Waals surface area contributed by atoms with Crippen LogP contribution in [-0.4, -0.2) is 13.4 Å². The quantitative estimate of drug-likeness (QED) is 0.627. The molecule has 0 saturated carbocycles. The molecule has 0 N–H and O–H groups in total. The Morgan fingerprint density at radius 1 is 1.00 bits per heavy atom. The summed E-state index contributed by atoms with van der Waals surface area (Å²) in [5.41, 5.74) is 0. The van der Waals surface area contributed by atoms with Gasteiger partial charge in [-0.1, -0.05) is 0 Å². The highest BCUT2D eigenvalue weighted by atomic mass is 79.9. The van der Waals surface area contributed by atoms with Crippen molar-refractivity contribution in [2.24, 2.45) is 0 Å². The largest absolute Gasteiger partial charge is 0.249 e. The van der Waals surface area contributed by atoms with E-state index in [1.54, 1.807) is 0 Å². The number of pyridine rings is 1. The fourth-order valence-electron chi connectivity index (χ4n) is 1.33. The third-order valence-electron chi connectivity index (χ3n) is 2.21. The predicted molar refractivity (Wildman–Crippen MR) is 63.7 cm³/mol. The molecule has 0 spiro atoms. The van der Waals surface area contributed by atoms with Gasteiger partial charge in [-0.25, -0.2) is 22.2 Å². The van der Waals surface area contributed by atoms with Gasteiger partial charge in [0.05, 0.1) is 9.79 Å². The lowest BCUT2D eigenvalue weighted by atomic mass is 10.3. The van der Waals surface area contributed by atoms with Crippen molar-refractivity contribution in [1.82, 2.24) is 4.98 Å². The molecule has 0 bridgehead atoms. The lowest BCUT2D eigenvalue weighted by molar-refractivity contribution is 0.504. The van der Waals surface area contributed by atoms with E-state index in [0.717, 1.165) is 12.1 Å². The second kappa shape index (κ2) is 4.74. The lowest BCUT2D eigenvalue weighted by Crippen LogP contribution is -2.03. The molecule has 2 rings (SSSR count). The van der Waals surface area contributed by atoms with Gasteiger partial charge in [0.15, 0.2) is 11.6 Å². The van der Waals surface area contributed by atoms with Crippen LogP contribution < -0.4 is 0 Å². The van der Waals surface area contributed by atoms with Crippen molar-refractivity contribution < 1.29 is 17.2 Å². The topological polar surface area (TPSA) is 47.0 Å². The van der Waals surface area contributed by atoms with E-state index in [1.165, 1.54) is 18.3 Å². The van der Waals surface area contributed by atoms with Crippen molar-refractivity contribution in [2.75, 3.05) is 0 Å². The minimum atomic E-state index is -3.88. The Kier molecular flexibility index (Phi) is 3.45. The van der Waals surface area contributed by atoms with E-state index in [1.807, 2.05) is 0 Å². The Morgan fingerprint density at radius 2 is 1.67 bits per heavy atom. The molecule has 7 heteroatoms. The summed E-state index contributed by atoms with van der Waals surface area (Å²) in [6.07, 6.45) is 1.30. The molecule has 18 heavy (non-hydrogen) atoms. The second-order valence-electron chi connectivity index (χ2n) is 3.39. The maximum Gasteiger partial charge on any atom is 0.206 e. The first kappa shape index (κ1) is 13.1. The molecule has 1 heterocycles. The highest BCUT2D eigenvalue weighted by molar-refractivity contribution is 9.10. The smallest absolute Gasteiger partial charge is 0.206 e. The molecular weight excluding hydrogens is 328 g/mol. The first-order valence-corrected chi connectivity index (χ1v) is 7.00. The number of aromatic nitrogens is 1.